The Morgan fingerprint density at radius 1 is 0.714 bits per heavy atom. The van der Waals surface area contributed by atoms with E-state index >= 15 is 0 Å². The summed E-state index contributed by atoms with van der Waals surface area (Å²) in [4.78, 5) is 32.9. The van der Waals surface area contributed by atoms with Gasteiger partial charge in [-0.2, -0.15) is 0 Å². The van der Waals surface area contributed by atoms with Crippen LogP contribution in [0, 0.1) is 0 Å². The lowest BCUT2D eigenvalue weighted by Crippen LogP contribution is -2.14. The number of hydrogen-bond donors (Lipinski definition) is 0. The summed E-state index contributed by atoms with van der Waals surface area (Å²) in [6.45, 7) is -0.317. The van der Waals surface area contributed by atoms with Crippen molar-refractivity contribution in [2.75, 3.05) is 6.61 Å². The number of carbonyl (C=O) groups excluding carboxylic acids is 2. The number of aromatic nitrogens is 2. The summed E-state index contributed by atoms with van der Waals surface area (Å²) in [5.74, 6) is -0.824. The molecule has 3 aromatic carbocycles. The zero-order valence-corrected chi connectivity index (χ0v) is 14.9. The molecule has 28 heavy (non-hydrogen) atoms. The van der Waals surface area contributed by atoms with Crippen LogP contribution in [0.1, 0.15) is 20.7 Å². The number of hydrogen-bond acceptors (Lipinski definition) is 5. The standard InChI is InChI=1S/C23H16N2O3/c26-22(18-8-6-17(7-9-18)16-4-2-1-3-5-16)15-28-23(27)19-10-11-20-21(14-19)25-13-12-24-20/h1-14H,15H2. The molecule has 0 N–H and O–H groups in total. The van der Waals surface area contributed by atoms with Gasteiger partial charge in [-0.05, 0) is 29.3 Å². The van der Waals surface area contributed by atoms with Crippen LogP contribution in [0.15, 0.2) is 85.2 Å². The van der Waals surface area contributed by atoms with E-state index in [9.17, 15) is 9.59 Å². The third-order valence-corrected chi connectivity index (χ3v) is 4.35. The topological polar surface area (TPSA) is 69.2 Å². The van der Waals surface area contributed by atoms with Gasteiger partial charge in [0.2, 0.25) is 0 Å². The summed E-state index contributed by atoms with van der Waals surface area (Å²) in [6, 6.07) is 22.0. The van der Waals surface area contributed by atoms with E-state index in [1.54, 1.807) is 42.7 Å². The molecule has 0 aliphatic carbocycles. The zero-order valence-electron chi connectivity index (χ0n) is 14.9. The monoisotopic (exact) mass is 368 g/mol. The van der Waals surface area contributed by atoms with E-state index in [1.165, 1.54) is 0 Å². The number of benzene rings is 3. The molecule has 0 saturated carbocycles. The molecule has 136 valence electrons. The van der Waals surface area contributed by atoms with Crippen LogP contribution < -0.4 is 0 Å². The minimum atomic E-state index is -0.568. The number of nitrogens with zero attached hydrogens (tertiary/aromatic N) is 2. The largest absolute Gasteiger partial charge is 0.454 e. The maximum atomic E-state index is 12.3. The first-order valence-electron chi connectivity index (χ1n) is 8.77. The number of rotatable bonds is 5. The van der Waals surface area contributed by atoms with Crippen molar-refractivity contribution in [3.8, 4) is 11.1 Å². The van der Waals surface area contributed by atoms with Crippen LogP contribution in [0.5, 0.6) is 0 Å². The van der Waals surface area contributed by atoms with Gasteiger partial charge in [-0.1, -0.05) is 54.6 Å². The fourth-order valence-corrected chi connectivity index (χ4v) is 2.87. The van der Waals surface area contributed by atoms with Gasteiger partial charge in [-0.25, -0.2) is 4.79 Å². The van der Waals surface area contributed by atoms with Crippen LogP contribution in [0.4, 0.5) is 0 Å². The van der Waals surface area contributed by atoms with Crippen LogP contribution >= 0.6 is 0 Å². The molecule has 0 amide bonds. The molecule has 0 bridgehead atoms. The Morgan fingerprint density at radius 3 is 2.11 bits per heavy atom. The molecule has 0 unspecified atom stereocenters. The quantitative estimate of drug-likeness (QED) is 0.387. The second-order valence-corrected chi connectivity index (χ2v) is 6.20. The van der Waals surface area contributed by atoms with Gasteiger partial charge in [0, 0.05) is 18.0 Å². The van der Waals surface area contributed by atoms with Gasteiger partial charge in [0.1, 0.15) is 0 Å². The third-order valence-electron chi connectivity index (χ3n) is 4.35. The van der Waals surface area contributed by atoms with Crippen molar-refractivity contribution in [2.24, 2.45) is 0 Å². The zero-order chi connectivity index (χ0) is 19.3. The summed E-state index contributed by atoms with van der Waals surface area (Å²) in [6.07, 6.45) is 3.14. The average Bonchev–Trinajstić information content (AvgIpc) is 2.77. The molecule has 0 aliphatic rings. The molecule has 0 atom stereocenters. The first-order valence-corrected chi connectivity index (χ1v) is 8.77. The Labute approximate surface area is 161 Å². The SMILES string of the molecule is O=C(COC(=O)c1ccc2nccnc2c1)c1ccc(-c2ccccc2)cc1. The van der Waals surface area contributed by atoms with Gasteiger partial charge in [-0.15, -0.1) is 0 Å². The maximum Gasteiger partial charge on any atom is 0.338 e. The van der Waals surface area contributed by atoms with Crippen molar-refractivity contribution < 1.29 is 14.3 Å². The molecule has 5 heteroatoms. The molecule has 1 aromatic heterocycles. The fourth-order valence-electron chi connectivity index (χ4n) is 2.87. The third kappa shape index (κ3) is 3.78. The Kier molecular flexibility index (Phi) is 4.89. The molecule has 5 nitrogen and oxygen atoms in total. The highest BCUT2D eigenvalue weighted by Gasteiger charge is 2.13. The number of ether oxygens (including phenoxy) is 1. The second-order valence-electron chi connectivity index (χ2n) is 6.20. The van der Waals surface area contributed by atoms with Crippen LogP contribution in [0.2, 0.25) is 0 Å². The number of esters is 1. The molecule has 4 rings (SSSR count). The van der Waals surface area contributed by atoms with E-state index in [1.807, 2.05) is 42.5 Å². The molecule has 4 aromatic rings. The first-order chi connectivity index (χ1) is 13.7. The van der Waals surface area contributed by atoms with Gasteiger partial charge < -0.3 is 4.74 Å². The molecule has 1 heterocycles. The van der Waals surface area contributed by atoms with Crippen LogP contribution in [0.25, 0.3) is 22.2 Å². The molecule has 0 aliphatic heterocycles. The lowest BCUT2D eigenvalue weighted by atomic mass is 10.0. The van der Waals surface area contributed by atoms with E-state index in [0.717, 1.165) is 11.1 Å². The van der Waals surface area contributed by atoms with Crippen LogP contribution in [-0.2, 0) is 4.74 Å². The second kappa shape index (κ2) is 7.80. The van der Waals surface area contributed by atoms with Crippen LogP contribution in [-0.4, -0.2) is 28.3 Å². The van der Waals surface area contributed by atoms with Gasteiger partial charge in [0.05, 0.1) is 16.6 Å². The summed E-state index contributed by atoms with van der Waals surface area (Å²) >= 11 is 0. The lowest BCUT2D eigenvalue weighted by Gasteiger charge is -2.06. The van der Waals surface area contributed by atoms with E-state index < -0.39 is 5.97 Å². The highest BCUT2D eigenvalue weighted by molar-refractivity contribution is 6.00. The maximum absolute atomic E-state index is 12.3. The van der Waals surface area contributed by atoms with Gasteiger partial charge in [0.15, 0.2) is 12.4 Å². The minimum absolute atomic E-state index is 0.256. The van der Waals surface area contributed by atoms with Crippen molar-refractivity contribution in [1.82, 2.24) is 9.97 Å². The Hall–Kier alpha value is -3.86. The minimum Gasteiger partial charge on any atom is -0.454 e. The Balaban J connectivity index is 1.41. The van der Waals surface area contributed by atoms with E-state index in [2.05, 4.69) is 9.97 Å². The number of ketones is 1. The molecule has 0 spiro atoms. The molecule has 0 radical (unpaired) electrons. The highest BCUT2D eigenvalue weighted by atomic mass is 16.5. The smallest absolute Gasteiger partial charge is 0.338 e. The van der Waals surface area contributed by atoms with Gasteiger partial charge in [-0.3, -0.25) is 14.8 Å². The van der Waals surface area contributed by atoms with E-state index in [-0.39, 0.29) is 12.4 Å². The van der Waals surface area contributed by atoms with E-state index in [0.29, 0.717) is 22.2 Å². The normalized spacial score (nSPS) is 10.6. The molecule has 0 saturated heterocycles. The van der Waals surface area contributed by atoms with Crippen molar-refractivity contribution in [3.63, 3.8) is 0 Å². The Bertz CT molecular complexity index is 1140. The molecular weight excluding hydrogens is 352 g/mol. The molecule has 0 fully saturated rings. The summed E-state index contributed by atoms with van der Waals surface area (Å²) < 4.78 is 5.17. The Morgan fingerprint density at radius 2 is 1.36 bits per heavy atom. The summed E-state index contributed by atoms with van der Waals surface area (Å²) in [5, 5.41) is 0. The average molecular weight is 368 g/mol. The van der Waals surface area contributed by atoms with Crippen molar-refractivity contribution >= 4 is 22.8 Å². The summed E-state index contributed by atoms with van der Waals surface area (Å²) in [5.41, 5.74) is 4.21. The first kappa shape index (κ1) is 17.5. The van der Waals surface area contributed by atoms with Gasteiger partial charge in [0.25, 0.3) is 0 Å². The number of Topliss-reactive ketones (excluding diaryl/α,β-unsaturated/α-hetero) is 1. The lowest BCUT2D eigenvalue weighted by molar-refractivity contribution is 0.0475. The van der Waals surface area contributed by atoms with E-state index in [4.69, 9.17) is 4.74 Å². The summed E-state index contributed by atoms with van der Waals surface area (Å²) in [7, 11) is 0. The van der Waals surface area contributed by atoms with Gasteiger partial charge >= 0.3 is 5.97 Å². The highest BCUT2D eigenvalue weighted by Crippen LogP contribution is 2.19. The fraction of sp³-hybridized carbons (Fsp3) is 0.0435. The van der Waals surface area contributed by atoms with Crippen molar-refractivity contribution in [2.45, 2.75) is 0 Å². The van der Waals surface area contributed by atoms with Crippen molar-refractivity contribution in [3.05, 3.63) is 96.3 Å². The number of fused-ring (bicyclic) bond motifs is 1. The molecular formula is C23H16N2O3. The number of carbonyl (C=O) groups is 2. The van der Waals surface area contributed by atoms with Crippen molar-refractivity contribution in [1.29, 1.82) is 0 Å². The van der Waals surface area contributed by atoms with Crippen LogP contribution in [0.3, 0.4) is 0 Å². The predicted molar refractivity (Wildman–Crippen MR) is 106 cm³/mol. The predicted octanol–water partition coefficient (Wildman–Crippen LogP) is 4.34.